The molecule has 0 aromatic carbocycles. The third-order valence-electron chi connectivity index (χ3n) is 7.66. The number of carbonyl (C=O) groups is 2. The third-order valence-corrected chi connectivity index (χ3v) is 7.66. The molecule has 0 spiro atoms. The summed E-state index contributed by atoms with van der Waals surface area (Å²) in [6, 6.07) is 1.96. The molecule has 2 heterocycles. The fraction of sp³-hybridized carbons (Fsp3) is 0.467. The molecule has 2 aromatic rings. The Morgan fingerprint density at radius 3 is 2.17 bits per heavy atom. The number of hydrogen-bond acceptors (Lipinski definition) is 4. The van der Waals surface area contributed by atoms with Crippen molar-refractivity contribution in [3.05, 3.63) is 68.8 Å². The molecule has 1 atom stereocenters. The van der Waals surface area contributed by atoms with Gasteiger partial charge in [0.2, 0.25) is 0 Å². The van der Waals surface area contributed by atoms with Gasteiger partial charge in [-0.15, -0.1) is 0 Å². The molecular formula is C30H34F2N2O2. The fourth-order valence-corrected chi connectivity index (χ4v) is 4.94. The lowest BCUT2D eigenvalue weighted by atomic mass is 9.84. The summed E-state index contributed by atoms with van der Waals surface area (Å²) < 4.78 is 26.2. The molecule has 0 radical (unpaired) electrons. The van der Waals surface area contributed by atoms with E-state index in [0.29, 0.717) is 24.0 Å². The molecule has 0 saturated heterocycles. The van der Waals surface area contributed by atoms with Crippen molar-refractivity contribution in [2.45, 2.75) is 85.5 Å². The summed E-state index contributed by atoms with van der Waals surface area (Å²) in [5.74, 6) is -2.74. The molecule has 0 aliphatic heterocycles. The molecule has 3 aliphatic carbocycles. The smallest absolute Gasteiger partial charge is 0.256 e. The maximum atomic E-state index is 13.1. The highest BCUT2D eigenvalue weighted by molar-refractivity contribution is 6.06. The van der Waals surface area contributed by atoms with Gasteiger partial charge in [-0.25, -0.2) is 8.78 Å². The van der Waals surface area contributed by atoms with E-state index in [1.54, 1.807) is 12.3 Å². The molecule has 0 N–H and O–H groups in total. The summed E-state index contributed by atoms with van der Waals surface area (Å²) in [7, 11) is 0. The molecule has 1 saturated carbocycles. The highest BCUT2D eigenvalue weighted by Crippen LogP contribution is 2.54. The van der Waals surface area contributed by atoms with E-state index in [2.05, 4.69) is 44.6 Å². The van der Waals surface area contributed by atoms with Crippen LogP contribution >= 0.6 is 0 Å². The highest BCUT2D eigenvalue weighted by Gasteiger charge is 2.60. The van der Waals surface area contributed by atoms with E-state index in [9.17, 15) is 18.4 Å². The number of aromatic nitrogens is 2. The van der Waals surface area contributed by atoms with Gasteiger partial charge in [0.25, 0.3) is 5.92 Å². The van der Waals surface area contributed by atoms with Crippen LogP contribution in [0, 0.1) is 12.8 Å². The predicted octanol–water partition coefficient (Wildman–Crippen LogP) is 6.80. The van der Waals surface area contributed by atoms with Crippen molar-refractivity contribution in [3.63, 3.8) is 0 Å². The Morgan fingerprint density at radius 2 is 1.58 bits per heavy atom. The van der Waals surface area contributed by atoms with E-state index in [1.165, 1.54) is 11.1 Å². The second kappa shape index (κ2) is 9.45. The number of carbonyl (C=O) groups excluding carboxylic acids is 2. The quantitative estimate of drug-likeness (QED) is 0.473. The normalized spacial score (nSPS) is 20.1. The predicted molar refractivity (Wildman–Crippen MR) is 138 cm³/mol. The number of hydrogen-bond donors (Lipinski definition) is 0. The molecule has 6 heteroatoms. The lowest BCUT2D eigenvalue weighted by molar-refractivity contribution is -0.116. The first-order valence-electron chi connectivity index (χ1n) is 12.6. The zero-order valence-corrected chi connectivity index (χ0v) is 22.1. The molecule has 4 nitrogen and oxygen atoms in total. The number of rotatable bonds is 3. The van der Waals surface area contributed by atoms with Gasteiger partial charge in [-0.05, 0) is 77.6 Å². The maximum Gasteiger partial charge on any atom is 0.256 e. The minimum atomic E-state index is -2.70. The zero-order chi connectivity index (χ0) is 26.5. The standard InChI is InChI=1S/C15H15F2NO.C15H19NO/c1-8(2)10-3-9-4-14(19)11(5-13(9)18-7-10)12-6-15(12,16)17;1-8(2)13-7-16-15-10(4)9(3)14(17)6-12(15)11(13)5/h3,5,7-8,12H,4,6H2,1-2H3;7-8H,6H2,1-5H3. The number of halogens is 2. The monoisotopic (exact) mass is 492 g/mol. The molecule has 3 aliphatic rings. The van der Waals surface area contributed by atoms with Gasteiger partial charge in [0, 0.05) is 37.2 Å². The van der Waals surface area contributed by atoms with Crippen molar-refractivity contribution in [1.82, 2.24) is 9.97 Å². The largest absolute Gasteiger partial charge is 0.294 e. The van der Waals surface area contributed by atoms with Crippen molar-refractivity contribution in [3.8, 4) is 0 Å². The highest BCUT2D eigenvalue weighted by atomic mass is 19.3. The van der Waals surface area contributed by atoms with Crippen molar-refractivity contribution >= 4 is 23.2 Å². The van der Waals surface area contributed by atoms with Crippen LogP contribution < -0.4 is 0 Å². The first-order chi connectivity index (χ1) is 16.8. The fourth-order valence-electron chi connectivity index (χ4n) is 4.94. The van der Waals surface area contributed by atoms with Crippen LogP contribution in [0.1, 0.15) is 99.0 Å². The zero-order valence-electron chi connectivity index (χ0n) is 22.1. The second-order valence-corrected chi connectivity index (χ2v) is 10.9. The number of fused-ring (bicyclic) bond motifs is 2. The number of ketones is 2. The number of Topliss-reactive ketones (excluding diaryl/α,β-unsaturated/α-hetero) is 2. The van der Waals surface area contributed by atoms with E-state index in [4.69, 9.17) is 0 Å². The van der Waals surface area contributed by atoms with Gasteiger partial charge < -0.3 is 0 Å². The van der Waals surface area contributed by atoms with Crippen LogP contribution in [0.4, 0.5) is 8.78 Å². The summed E-state index contributed by atoms with van der Waals surface area (Å²) >= 11 is 0. The lowest BCUT2D eigenvalue weighted by Gasteiger charge is -2.22. The first kappa shape index (κ1) is 26.1. The minimum Gasteiger partial charge on any atom is -0.294 e. The van der Waals surface area contributed by atoms with Crippen molar-refractivity contribution < 1.29 is 18.4 Å². The molecule has 1 unspecified atom stereocenters. The molecule has 1 fully saturated rings. The van der Waals surface area contributed by atoms with Gasteiger partial charge in [-0.2, -0.15) is 0 Å². The number of allylic oxidation sites excluding steroid dienone is 3. The topological polar surface area (TPSA) is 59.9 Å². The van der Waals surface area contributed by atoms with E-state index < -0.39 is 11.8 Å². The number of nitrogens with zero attached hydrogens (tertiary/aromatic N) is 2. The molecule has 0 bridgehead atoms. The van der Waals surface area contributed by atoms with E-state index in [1.807, 2.05) is 26.1 Å². The van der Waals surface area contributed by atoms with Crippen LogP contribution in [-0.4, -0.2) is 27.5 Å². The van der Waals surface area contributed by atoms with Gasteiger partial charge in [0.05, 0.1) is 17.3 Å². The average molecular weight is 493 g/mol. The Hall–Kier alpha value is -3.02. The van der Waals surface area contributed by atoms with E-state index >= 15 is 0 Å². The Bertz CT molecular complexity index is 1320. The van der Waals surface area contributed by atoms with E-state index in [-0.39, 0.29) is 30.0 Å². The van der Waals surface area contributed by atoms with Crippen LogP contribution in [0.2, 0.25) is 0 Å². The Morgan fingerprint density at radius 1 is 0.917 bits per heavy atom. The van der Waals surface area contributed by atoms with Crippen LogP contribution in [0.5, 0.6) is 0 Å². The van der Waals surface area contributed by atoms with E-state index in [0.717, 1.165) is 33.5 Å². The SMILES string of the molecule is CC(C)c1cnc2c(c1)CC(=O)C(C1CC1(F)F)=C2.CC1=C(C)c2ncc(C(C)C)c(C)c2CC1=O. The number of alkyl halides is 2. The molecule has 0 amide bonds. The summed E-state index contributed by atoms with van der Waals surface area (Å²) in [6.45, 7) is 14.4. The summed E-state index contributed by atoms with van der Waals surface area (Å²) in [5, 5.41) is 0. The molecule has 5 rings (SSSR count). The van der Waals surface area contributed by atoms with Gasteiger partial charge >= 0.3 is 0 Å². The first-order valence-corrected chi connectivity index (χ1v) is 12.6. The molecule has 190 valence electrons. The second-order valence-electron chi connectivity index (χ2n) is 10.9. The Kier molecular flexibility index (Phi) is 6.84. The van der Waals surface area contributed by atoms with Gasteiger partial charge in [0.1, 0.15) is 0 Å². The summed E-state index contributed by atoms with van der Waals surface area (Å²) in [6.07, 6.45) is 5.78. The van der Waals surface area contributed by atoms with Gasteiger partial charge in [-0.1, -0.05) is 33.8 Å². The number of pyridine rings is 2. The van der Waals surface area contributed by atoms with Gasteiger partial charge in [0.15, 0.2) is 11.6 Å². The maximum absolute atomic E-state index is 13.1. The van der Waals surface area contributed by atoms with Crippen molar-refractivity contribution in [2.24, 2.45) is 5.92 Å². The summed E-state index contributed by atoms with van der Waals surface area (Å²) in [4.78, 5) is 32.8. The Balaban J connectivity index is 0.000000170. The minimum absolute atomic E-state index is 0.183. The molecule has 2 aromatic heterocycles. The lowest BCUT2D eigenvalue weighted by Crippen LogP contribution is -2.17. The molecular weight excluding hydrogens is 458 g/mol. The van der Waals surface area contributed by atoms with Crippen molar-refractivity contribution in [2.75, 3.05) is 0 Å². The average Bonchev–Trinajstić information content (AvgIpc) is 3.45. The van der Waals surface area contributed by atoms with Crippen LogP contribution in [-0.2, 0) is 22.4 Å². The third kappa shape index (κ3) is 4.82. The Labute approximate surface area is 211 Å². The van der Waals surface area contributed by atoms with Gasteiger partial charge in [-0.3, -0.25) is 19.6 Å². The summed E-state index contributed by atoms with van der Waals surface area (Å²) in [5.41, 5.74) is 9.38. The van der Waals surface area contributed by atoms with Crippen LogP contribution in [0.25, 0.3) is 11.6 Å². The van der Waals surface area contributed by atoms with Crippen molar-refractivity contribution in [1.29, 1.82) is 0 Å². The van der Waals surface area contributed by atoms with Crippen LogP contribution in [0.3, 0.4) is 0 Å². The van der Waals surface area contributed by atoms with Crippen LogP contribution in [0.15, 0.2) is 29.6 Å². The molecule has 36 heavy (non-hydrogen) atoms.